The summed E-state index contributed by atoms with van der Waals surface area (Å²) in [5.74, 6) is -0.728. The first-order valence-electron chi connectivity index (χ1n) is 5.78. The Morgan fingerprint density at radius 3 is 2.47 bits per heavy atom. The lowest BCUT2D eigenvalue weighted by Gasteiger charge is -2.20. The van der Waals surface area contributed by atoms with Crippen LogP contribution in [-0.4, -0.2) is 5.78 Å². The van der Waals surface area contributed by atoms with Crippen LogP contribution in [0.1, 0.15) is 42.5 Å². The highest BCUT2D eigenvalue weighted by atomic mass is 35.5. The molecule has 92 valence electrons. The molecule has 1 nitrogen and oxygen atoms in total. The molecule has 0 heterocycles. The SMILES string of the molecule is O=C(c1cc(Cl)cc(F)c1Cl)C1CCCCC1. The molecule has 0 spiro atoms. The van der Waals surface area contributed by atoms with E-state index < -0.39 is 5.82 Å². The van der Waals surface area contributed by atoms with Gasteiger partial charge in [-0.05, 0) is 25.0 Å². The molecule has 4 heteroatoms. The van der Waals surface area contributed by atoms with Crippen LogP contribution in [0.2, 0.25) is 10.0 Å². The second-order valence-electron chi connectivity index (χ2n) is 4.45. The molecular weight excluding hydrogens is 262 g/mol. The van der Waals surface area contributed by atoms with Crippen LogP contribution in [0.4, 0.5) is 4.39 Å². The molecule has 17 heavy (non-hydrogen) atoms. The predicted octanol–water partition coefficient (Wildman–Crippen LogP) is 4.90. The molecule has 0 radical (unpaired) electrons. The fourth-order valence-electron chi connectivity index (χ4n) is 2.32. The number of carbonyl (C=O) groups excluding carboxylic acids is 1. The van der Waals surface area contributed by atoms with E-state index in [1.807, 2.05) is 0 Å². The Morgan fingerprint density at radius 2 is 1.82 bits per heavy atom. The second-order valence-corrected chi connectivity index (χ2v) is 5.26. The average Bonchev–Trinajstić information content (AvgIpc) is 2.34. The molecule has 0 amide bonds. The molecule has 0 aromatic heterocycles. The lowest BCUT2D eigenvalue weighted by molar-refractivity contribution is 0.0889. The third-order valence-electron chi connectivity index (χ3n) is 3.23. The molecule has 0 atom stereocenters. The number of hydrogen-bond acceptors (Lipinski definition) is 1. The third-order valence-corrected chi connectivity index (χ3v) is 3.84. The van der Waals surface area contributed by atoms with E-state index in [0.29, 0.717) is 0 Å². The molecule has 0 unspecified atom stereocenters. The highest BCUT2D eigenvalue weighted by molar-refractivity contribution is 6.36. The molecule has 1 saturated carbocycles. The fourth-order valence-corrected chi connectivity index (χ4v) is 2.73. The molecular formula is C13H13Cl2FO. The van der Waals surface area contributed by atoms with Gasteiger partial charge in [0.15, 0.2) is 5.78 Å². The monoisotopic (exact) mass is 274 g/mol. The second kappa shape index (κ2) is 5.36. The van der Waals surface area contributed by atoms with Gasteiger partial charge >= 0.3 is 0 Å². The zero-order chi connectivity index (χ0) is 12.4. The number of rotatable bonds is 2. The zero-order valence-electron chi connectivity index (χ0n) is 9.31. The number of carbonyl (C=O) groups is 1. The normalized spacial score (nSPS) is 17.1. The maximum atomic E-state index is 13.4. The maximum Gasteiger partial charge on any atom is 0.167 e. The van der Waals surface area contributed by atoms with Crippen LogP contribution in [0.25, 0.3) is 0 Å². The third kappa shape index (κ3) is 2.80. The van der Waals surface area contributed by atoms with Gasteiger partial charge in [0.05, 0.1) is 5.02 Å². The van der Waals surface area contributed by atoms with E-state index in [1.165, 1.54) is 12.5 Å². The highest BCUT2D eigenvalue weighted by Gasteiger charge is 2.25. The van der Waals surface area contributed by atoms with Gasteiger partial charge in [0.25, 0.3) is 0 Å². The van der Waals surface area contributed by atoms with Gasteiger partial charge in [-0.2, -0.15) is 0 Å². The van der Waals surface area contributed by atoms with E-state index in [9.17, 15) is 9.18 Å². The summed E-state index contributed by atoms with van der Waals surface area (Å²) < 4.78 is 13.4. The fraction of sp³-hybridized carbons (Fsp3) is 0.462. The topological polar surface area (TPSA) is 17.1 Å². The Bertz CT molecular complexity index is 439. The Hall–Kier alpha value is -0.600. The minimum Gasteiger partial charge on any atom is -0.294 e. The van der Waals surface area contributed by atoms with Crippen molar-refractivity contribution in [3.8, 4) is 0 Å². The lowest BCUT2D eigenvalue weighted by Crippen LogP contribution is -2.18. The van der Waals surface area contributed by atoms with Gasteiger partial charge < -0.3 is 0 Å². The molecule has 0 bridgehead atoms. The van der Waals surface area contributed by atoms with Gasteiger partial charge in [-0.1, -0.05) is 42.5 Å². The van der Waals surface area contributed by atoms with E-state index in [0.717, 1.165) is 31.7 Å². The van der Waals surface area contributed by atoms with E-state index >= 15 is 0 Å². The van der Waals surface area contributed by atoms with Gasteiger partial charge in [0, 0.05) is 16.5 Å². The highest BCUT2D eigenvalue weighted by Crippen LogP contribution is 2.31. The molecule has 0 N–H and O–H groups in total. The van der Waals surface area contributed by atoms with Crippen LogP contribution in [0.5, 0.6) is 0 Å². The number of hydrogen-bond donors (Lipinski definition) is 0. The minimum absolute atomic E-state index is 0.0286. The van der Waals surface area contributed by atoms with Crippen LogP contribution in [0.3, 0.4) is 0 Å². The summed E-state index contributed by atoms with van der Waals surface area (Å²) in [6.45, 7) is 0. The van der Waals surface area contributed by atoms with Crippen molar-refractivity contribution in [1.82, 2.24) is 0 Å². The van der Waals surface area contributed by atoms with E-state index in [1.54, 1.807) is 0 Å². The maximum absolute atomic E-state index is 13.4. The van der Waals surface area contributed by atoms with Gasteiger partial charge in [0.1, 0.15) is 5.82 Å². The Kier molecular flexibility index (Phi) is 4.05. The van der Waals surface area contributed by atoms with Crippen LogP contribution < -0.4 is 0 Å². The van der Waals surface area contributed by atoms with Crippen molar-refractivity contribution in [2.75, 3.05) is 0 Å². The first-order valence-corrected chi connectivity index (χ1v) is 6.54. The molecule has 0 saturated heterocycles. The molecule has 1 fully saturated rings. The van der Waals surface area contributed by atoms with E-state index in [4.69, 9.17) is 23.2 Å². The molecule has 1 aliphatic rings. The van der Waals surface area contributed by atoms with Gasteiger partial charge in [-0.3, -0.25) is 4.79 Å². The zero-order valence-corrected chi connectivity index (χ0v) is 10.8. The van der Waals surface area contributed by atoms with Crippen LogP contribution in [-0.2, 0) is 0 Å². The molecule has 1 aliphatic carbocycles. The smallest absolute Gasteiger partial charge is 0.167 e. The van der Waals surface area contributed by atoms with Crippen molar-refractivity contribution in [2.45, 2.75) is 32.1 Å². The van der Waals surface area contributed by atoms with Crippen LogP contribution >= 0.6 is 23.2 Å². The lowest BCUT2D eigenvalue weighted by atomic mass is 9.84. The standard InChI is InChI=1S/C13H13Cl2FO/c14-9-6-10(12(15)11(16)7-9)13(17)8-4-2-1-3-5-8/h6-8H,1-5H2. The van der Waals surface area contributed by atoms with Gasteiger partial charge in [-0.15, -0.1) is 0 Å². The summed E-state index contributed by atoms with van der Waals surface area (Å²) >= 11 is 11.6. The quantitative estimate of drug-likeness (QED) is 0.554. The number of halogens is 3. The molecule has 2 rings (SSSR count). The summed E-state index contributed by atoms with van der Waals surface area (Å²) in [4.78, 5) is 12.2. The van der Waals surface area contributed by atoms with Crippen LogP contribution in [0, 0.1) is 11.7 Å². The summed E-state index contributed by atoms with van der Waals surface area (Å²) in [5.41, 5.74) is 0.226. The number of ketones is 1. The van der Waals surface area contributed by atoms with Crippen molar-refractivity contribution in [3.05, 3.63) is 33.6 Å². The van der Waals surface area contributed by atoms with Crippen molar-refractivity contribution in [1.29, 1.82) is 0 Å². The summed E-state index contributed by atoms with van der Waals surface area (Å²) in [5, 5.41) is 0.107. The predicted molar refractivity (Wildman–Crippen MR) is 67.3 cm³/mol. The first kappa shape index (κ1) is 12.8. The first-order chi connectivity index (χ1) is 8.09. The Morgan fingerprint density at radius 1 is 1.18 bits per heavy atom. The van der Waals surface area contributed by atoms with Crippen molar-refractivity contribution in [2.24, 2.45) is 5.92 Å². The Balaban J connectivity index is 2.29. The van der Waals surface area contributed by atoms with E-state index in [-0.39, 0.29) is 27.3 Å². The van der Waals surface area contributed by atoms with Gasteiger partial charge in [-0.25, -0.2) is 4.39 Å². The van der Waals surface area contributed by atoms with Gasteiger partial charge in [0.2, 0.25) is 0 Å². The number of benzene rings is 1. The van der Waals surface area contributed by atoms with E-state index in [2.05, 4.69) is 0 Å². The van der Waals surface area contributed by atoms with Crippen molar-refractivity contribution >= 4 is 29.0 Å². The molecule has 1 aromatic carbocycles. The molecule has 1 aromatic rings. The van der Waals surface area contributed by atoms with Crippen molar-refractivity contribution in [3.63, 3.8) is 0 Å². The van der Waals surface area contributed by atoms with Crippen LogP contribution in [0.15, 0.2) is 12.1 Å². The Labute approximate surface area is 110 Å². The summed E-state index contributed by atoms with van der Waals surface area (Å²) in [6, 6.07) is 2.59. The summed E-state index contributed by atoms with van der Waals surface area (Å²) in [7, 11) is 0. The molecule has 0 aliphatic heterocycles. The largest absolute Gasteiger partial charge is 0.294 e. The average molecular weight is 275 g/mol. The minimum atomic E-state index is -0.627. The summed E-state index contributed by atoms with van der Waals surface area (Å²) in [6.07, 6.45) is 5.00. The number of Topliss-reactive ketones (excluding diaryl/α,β-unsaturated/α-hetero) is 1. The van der Waals surface area contributed by atoms with Crippen molar-refractivity contribution < 1.29 is 9.18 Å².